The van der Waals surface area contributed by atoms with Crippen LogP contribution in [0.4, 0.5) is 0 Å². The molecule has 0 aliphatic rings. The summed E-state index contributed by atoms with van der Waals surface area (Å²) in [5, 5.41) is 13.5. The summed E-state index contributed by atoms with van der Waals surface area (Å²) in [5.74, 6) is 0.254. The summed E-state index contributed by atoms with van der Waals surface area (Å²) in [4.78, 5) is 0. The lowest BCUT2D eigenvalue weighted by atomic mass is 10.1. The van der Waals surface area contributed by atoms with Crippen molar-refractivity contribution in [3.63, 3.8) is 0 Å². The number of nitrogens with two attached hydrogens (primary N) is 1. The van der Waals surface area contributed by atoms with Crippen LogP contribution >= 0.6 is 15.9 Å². The second kappa shape index (κ2) is 4.67. The second-order valence-electron chi connectivity index (χ2n) is 3.40. The summed E-state index contributed by atoms with van der Waals surface area (Å²) < 4.78 is 2.77. The molecule has 0 amide bonds. The highest BCUT2D eigenvalue weighted by Crippen LogP contribution is 2.28. The maximum Gasteiger partial charge on any atom is 0.115 e. The lowest BCUT2D eigenvalue weighted by Crippen LogP contribution is -2.11. The molecule has 84 valence electrons. The minimum Gasteiger partial charge on any atom is -0.508 e. The van der Waals surface area contributed by atoms with E-state index in [1.165, 1.54) is 0 Å². The Morgan fingerprint density at radius 2 is 2.00 bits per heavy atom. The van der Waals surface area contributed by atoms with Gasteiger partial charge in [-0.2, -0.15) is 5.10 Å². The number of phenols is 1. The van der Waals surface area contributed by atoms with Gasteiger partial charge in [-0.1, -0.05) is 0 Å². The van der Waals surface area contributed by atoms with Gasteiger partial charge in [0.05, 0.1) is 22.9 Å². The quantitative estimate of drug-likeness (QED) is 0.904. The van der Waals surface area contributed by atoms with Crippen molar-refractivity contribution in [2.24, 2.45) is 5.73 Å². The van der Waals surface area contributed by atoms with Gasteiger partial charge in [-0.3, -0.25) is 4.68 Å². The summed E-state index contributed by atoms with van der Waals surface area (Å²) in [5.41, 5.74) is 7.50. The topological polar surface area (TPSA) is 64.1 Å². The third-order valence-electron chi connectivity index (χ3n) is 2.28. The lowest BCUT2D eigenvalue weighted by Gasteiger charge is -2.07. The number of halogens is 1. The molecule has 16 heavy (non-hydrogen) atoms. The van der Waals surface area contributed by atoms with Gasteiger partial charge in [-0.05, 0) is 40.2 Å². The first kappa shape index (κ1) is 11.2. The first-order valence-electron chi connectivity index (χ1n) is 4.93. The maximum absolute atomic E-state index is 9.24. The van der Waals surface area contributed by atoms with E-state index in [1.54, 1.807) is 18.3 Å². The zero-order valence-corrected chi connectivity index (χ0v) is 10.2. The molecule has 0 radical (unpaired) electrons. The Kier molecular flexibility index (Phi) is 3.26. The molecule has 0 saturated carbocycles. The van der Waals surface area contributed by atoms with Crippen molar-refractivity contribution >= 4 is 15.9 Å². The molecule has 5 heteroatoms. The molecule has 0 bridgehead atoms. The lowest BCUT2D eigenvalue weighted by molar-refractivity contribution is 0.475. The monoisotopic (exact) mass is 281 g/mol. The largest absolute Gasteiger partial charge is 0.508 e. The summed E-state index contributed by atoms with van der Waals surface area (Å²) in [6, 6.07) is 7.01. The van der Waals surface area contributed by atoms with Crippen molar-refractivity contribution in [2.45, 2.75) is 6.54 Å². The number of hydrogen-bond donors (Lipinski definition) is 2. The highest BCUT2D eigenvalue weighted by atomic mass is 79.9. The van der Waals surface area contributed by atoms with E-state index in [2.05, 4.69) is 21.0 Å². The summed E-state index contributed by atoms with van der Waals surface area (Å²) in [6.07, 6.45) is 1.75. The molecular formula is C11H12BrN3O. The van der Waals surface area contributed by atoms with E-state index in [-0.39, 0.29) is 5.75 Å². The van der Waals surface area contributed by atoms with Crippen molar-refractivity contribution in [3.05, 3.63) is 34.9 Å². The van der Waals surface area contributed by atoms with E-state index in [9.17, 15) is 5.11 Å². The van der Waals surface area contributed by atoms with Gasteiger partial charge in [-0.15, -0.1) is 0 Å². The Balaban J connectivity index is 2.45. The first-order chi connectivity index (χ1) is 7.72. The molecule has 0 saturated heterocycles. The minimum atomic E-state index is 0.254. The van der Waals surface area contributed by atoms with E-state index < -0.39 is 0 Å². The van der Waals surface area contributed by atoms with Crippen LogP contribution in [0.15, 0.2) is 34.9 Å². The molecule has 0 atom stereocenters. The Morgan fingerprint density at radius 3 is 2.62 bits per heavy atom. The molecular weight excluding hydrogens is 270 g/mol. The normalized spacial score (nSPS) is 10.6. The first-order valence-corrected chi connectivity index (χ1v) is 5.72. The van der Waals surface area contributed by atoms with Crippen LogP contribution < -0.4 is 5.73 Å². The molecule has 2 aromatic rings. The van der Waals surface area contributed by atoms with Crippen LogP contribution in [0.3, 0.4) is 0 Å². The Bertz CT molecular complexity index is 478. The number of rotatable bonds is 3. The standard InChI is InChI=1S/C11H12BrN3O/c12-10-7-14-15(6-5-13)11(10)8-1-3-9(16)4-2-8/h1-4,7,16H,5-6,13H2. The zero-order chi connectivity index (χ0) is 11.5. The average Bonchev–Trinajstić information content (AvgIpc) is 2.62. The van der Waals surface area contributed by atoms with Gasteiger partial charge in [-0.25, -0.2) is 0 Å². The van der Waals surface area contributed by atoms with Gasteiger partial charge in [0.15, 0.2) is 0 Å². The van der Waals surface area contributed by atoms with Crippen LogP contribution in [0.2, 0.25) is 0 Å². The molecule has 1 aromatic carbocycles. The average molecular weight is 282 g/mol. The second-order valence-corrected chi connectivity index (χ2v) is 4.25. The number of aromatic hydroxyl groups is 1. The number of aromatic nitrogens is 2. The SMILES string of the molecule is NCCn1ncc(Br)c1-c1ccc(O)cc1. The molecule has 0 aliphatic heterocycles. The molecule has 1 aromatic heterocycles. The van der Waals surface area contributed by atoms with Gasteiger partial charge in [0, 0.05) is 12.1 Å². The number of nitrogens with zero attached hydrogens (tertiary/aromatic N) is 2. The molecule has 3 N–H and O–H groups in total. The number of hydrogen-bond acceptors (Lipinski definition) is 3. The van der Waals surface area contributed by atoms with Crippen LogP contribution in [0, 0.1) is 0 Å². The fraction of sp³-hybridized carbons (Fsp3) is 0.182. The van der Waals surface area contributed by atoms with Crippen LogP contribution in [-0.2, 0) is 6.54 Å². The zero-order valence-electron chi connectivity index (χ0n) is 8.60. The van der Waals surface area contributed by atoms with Crippen LogP contribution in [0.5, 0.6) is 5.75 Å². The predicted molar refractivity (Wildman–Crippen MR) is 66.1 cm³/mol. The van der Waals surface area contributed by atoms with E-state index in [4.69, 9.17) is 5.73 Å². The summed E-state index contributed by atoms with van der Waals surface area (Å²) in [7, 11) is 0. The molecule has 4 nitrogen and oxygen atoms in total. The van der Waals surface area contributed by atoms with E-state index in [0.29, 0.717) is 13.1 Å². The highest BCUT2D eigenvalue weighted by Gasteiger charge is 2.10. The van der Waals surface area contributed by atoms with E-state index in [0.717, 1.165) is 15.7 Å². The Hall–Kier alpha value is -1.33. The fourth-order valence-electron chi connectivity index (χ4n) is 1.56. The van der Waals surface area contributed by atoms with Crippen molar-refractivity contribution in [1.82, 2.24) is 9.78 Å². The molecule has 2 rings (SSSR count). The van der Waals surface area contributed by atoms with Crippen molar-refractivity contribution in [2.75, 3.05) is 6.54 Å². The highest BCUT2D eigenvalue weighted by molar-refractivity contribution is 9.10. The van der Waals surface area contributed by atoms with Gasteiger partial charge < -0.3 is 10.8 Å². The van der Waals surface area contributed by atoms with Crippen LogP contribution in [0.25, 0.3) is 11.3 Å². The van der Waals surface area contributed by atoms with E-state index in [1.807, 2.05) is 16.8 Å². The number of benzene rings is 1. The fourth-order valence-corrected chi connectivity index (χ4v) is 2.09. The van der Waals surface area contributed by atoms with Gasteiger partial charge in [0.25, 0.3) is 0 Å². The van der Waals surface area contributed by atoms with Crippen LogP contribution in [-0.4, -0.2) is 21.4 Å². The Morgan fingerprint density at radius 1 is 1.31 bits per heavy atom. The van der Waals surface area contributed by atoms with Crippen molar-refractivity contribution < 1.29 is 5.11 Å². The smallest absolute Gasteiger partial charge is 0.115 e. The molecule has 1 heterocycles. The van der Waals surface area contributed by atoms with Gasteiger partial charge in [0.1, 0.15) is 5.75 Å². The van der Waals surface area contributed by atoms with Crippen molar-refractivity contribution in [3.8, 4) is 17.0 Å². The van der Waals surface area contributed by atoms with Gasteiger partial charge in [0.2, 0.25) is 0 Å². The third-order valence-corrected chi connectivity index (χ3v) is 2.86. The molecule has 0 aliphatic carbocycles. The number of phenolic OH excluding ortho intramolecular Hbond substituents is 1. The maximum atomic E-state index is 9.24. The minimum absolute atomic E-state index is 0.254. The Labute approximate surface area is 102 Å². The molecule has 0 unspecified atom stereocenters. The summed E-state index contributed by atoms with van der Waals surface area (Å²) >= 11 is 3.46. The van der Waals surface area contributed by atoms with Crippen molar-refractivity contribution in [1.29, 1.82) is 0 Å². The van der Waals surface area contributed by atoms with Gasteiger partial charge >= 0.3 is 0 Å². The predicted octanol–water partition coefficient (Wildman–Crippen LogP) is 1.98. The molecule has 0 spiro atoms. The van der Waals surface area contributed by atoms with E-state index >= 15 is 0 Å². The summed E-state index contributed by atoms with van der Waals surface area (Å²) in [6.45, 7) is 1.21. The third kappa shape index (κ3) is 2.10. The molecule has 0 fully saturated rings. The van der Waals surface area contributed by atoms with Crippen LogP contribution in [0.1, 0.15) is 0 Å².